The second kappa shape index (κ2) is 7.05. The molecule has 1 aliphatic heterocycles. The second-order valence-electron chi connectivity index (χ2n) is 7.32. The van der Waals surface area contributed by atoms with Gasteiger partial charge in [-0.1, -0.05) is 12.8 Å². The van der Waals surface area contributed by atoms with Crippen molar-refractivity contribution in [1.82, 2.24) is 25.2 Å². The molecule has 0 spiro atoms. The van der Waals surface area contributed by atoms with Crippen LogP contribution in [0, 0.1) is 5.92 Å². The topological polar surface area (TPSA) is 100 Å². The van der Waals surface area contributed by atoms with Gasteiger partial charge in [-0.25, -0.2) is 14.6 Å². The van der Waals surface area contributed by atoms with Crippen molar-refractivity contribution < 1.29 is 9.42 Å². The molecular formula is C17H25N7O2. The Balaban J connectivity index is 1.56. The fourth-order valence-corrected chi connectivity index (χ4v) is 4.01. The minimum Gasteiger partial charge on any atom is -0.364 e. The molecular weight excluding hydrogens is 334 g/mol. The van der Waals surface area contributed by atoms with Gasteiger partial charge in [0.05, 0.1) is 0 Å². The maximum Gasteiger partial charge on any atom is 0.245 e. The maximum absolute atomic E-state index is 12.0. The molecule has 140 valence electrons. The van der Waals surface area contributed by atoms with Crippen LogP contribution >= 0.6 is 0 Å². The summed E-state index contributed by atoms with van der Waals surface area (Å²) in [5.74, 6) is 1.99. The van der Waals surface area contributed by atoms with E-state index in [9.17, 15) is 4.79 Å². The van der Waals surface area contributed by atoms with Crippen LogP contribution in [0.4, 0.5) is 11.6 Å². The van der Waals surface area contributed by atoms with Gasteiger partial charge < -0.3 is 15.1 Å². The number of nitrogens with one attached hydrogen (secondary N) is 1. The highest BCUT2D eigenvalue weighted by Gasteiger charge is 2.30. The molecule has 1 aliphatic carbocycles. The van der Waals surface area contributed by atoms with Crippen molar-refractivity contribution >= 4 is 28.8 Å². The van der Waals surface area contributed by atoms with E-state index in [1.807, 2.05) is 18.9 Å². The minimum absolute atomic E-state index is 0.234. The molecule has 0 bridgehead atoms. The molecule has 9 heteroatoms. The lowest BCUT2D eigenvalue weighted by Crippen LogP contribution is -2.30. The Kier molecular flexibility index (Phi) is 4.60. The zero-order chi connectivity index (χ0) is 18.1. The molecule has 4 rings (SSSR count). The van der Waals surface area contributed by atoms with Crippen molar-refractivity contribution in [2.24, 2.45) is 5.92 Å². The smallest absolute Gasteiger partial charge is 0.245 e. The fraction of sp³-hybridized carbons (Fsp3) is 0.706. The van der Waals surface area contributed by atoms with E-state index in [1.165, 1.54) is 12.8 Å². The lowest BCUT2D eigenvalue weighted by Gasteiger charge is -2.25. The highest BCUT2D eigenvalue weighted by molar-refractivity contribution is 5.79. The van der Waals surface area contributed by atoms with Gasteiger partial charge in [0.15, 0.2) is 11.6 Å². The summed E-state index contributed by atoms with van der Waals surface area (Å²) in [6.07, 6.45) is 5.35. The molecule has 1 saturated heterocycles. The second-order valence-corrected chi connectivity index (χ2v) is 7.32. The third-order valence-electron chi connectivity index (χ3n) is 5.36. The molecule has 9 nitrogen and oxygen atoms in total. The third-order valence-corrected chi connectivity index (χ3v) is 5.36. The van der Waals surface area contributed by atoms with Crippen LogP contribution < -0.4 is 10.2 Å². The number of rotatable bonds is 6. The van der Waals surface area contributed by atoms with Crippen molar-refractivity contribution in [3.63, 3.8) is 0 Å². The summed E-state index contributed by atoms with van der Waals surface area (Å²) >= 11 is 0. The van der Waals surface area contributed by atoms with Crippen LogP contribution in [0.2, 0.25) is 0 Å². The summed E-state index contributed by atoms with van der Waals surface area (Å²) in [6, 6.07) is 0.414. The van der Waals surface area contributed by atoms with Gasteiger partial charge in [-0.05, 0) is 30.1 Å². The summed E-state index contributed by atoms with van der Waals surface area (Å²) in [7, 11) is 1.99. The van der Waals surface area contributed by atoms with Crippen LogP contribution in [0.1, 0.15) is 39.0 Å². The van der Waals surface area contributed by atoms with Gasteiger partial charge in [0.2, 0.25) is 17.2 Å². The molecule has 2 aromatic rings. The number of fused-ring (bicyclic) bond motifs is 1. The van der Waals surface area contributed by atoms with Crippen molar-refractivity contribution in [2.75, 3.05) is 36.9 Å². The normalized spacial score (nSPS) is 21.1. The van der Waals surface area contributed by atoms with E-state index in [2.05, 4.69) is 30.5 Å². The maximum atomic E-state index is 12.0. The molecule has 1 amide bonds. The zero-order valence-electron chi connectivity index (χ0n) is 15.3. The Labute approximate surface area is 152 Å². The summed E-state index contributed by atoms with van der Waals surface area (Å²) in [4.78, 5) is 25.2. The zero-order valence-corrected chi connectivity index (χ0v) is 15.3. The average molecular weight is 359 g/mol. The first-order valence-electron chi connectivity index (χ1n) is 9.39. The molecule has 1 atom stereocenters. The molecule has 26 heavy (non-hydrogen) atoms. The van der Waals surface area contributed by atoms with Gasteiger partial charge in [0.1, 0.15) is 0 Å². The minimum atomic E-state index is 0.234. The van der Waals surface area contributed by atoms with Crippen LogP contribution in [-0.4, -0.2) is 63.8 Å². The van der Waals surface area contributed by atoms with Crippen LogP contribution in [0.25, 0.3) is 11.3 Å². The predicted octanol–water partition coefficient (Wildman–Crippen LogP) is 1.67. The molecule has 3 heterocycles. The first-order chi connectivity index (χ1) is 12.6. The van der Waals surface area contributed by atoms with Crippen LogP contribution in [0.15, 0.2) is 4.63 Å². The number of aromatic nitrogens is 4. The van der Waals surface area contributed by atoms with E-state index < -0.39 is 0 Å². The number of likely N-dealkylation sites (tertiary alicyclic amines) is 1. The van der Waals surface area contributed by atoms with E-state index in [4.69, 9.17) is 4.63 Å². The van der Waals surface area contributed by atoms with Crippen LogP contribution in [-0.2, 0) is 4.79 Å². The quantitative estimate of drug-likeness (QED) is 0.831. The molecule has 2 fully saturated rings. The van der Waals surface area contributed by atoms with Crippen molar-refractivity contribution in [1.29, 1.82) is 0 Å². The number of nitrogens with zero attached hydrogens (tertiary/aromatic N) is 6. The molecule has 2 aromatic heterocycles. The Morgan fingerprint density at radius 1 is 1.23 bits per heavy atom. The van der Waals surface area contributed by atoms with Gasteiger partial charge in [0.25, 0.3) is 0 Å². The summed E-state index contributed by atoms with van der Waals surface area (Å²) in [5, 5.41) is 11.2. The van der Waals surface area contributed by atoms with Crippen LogP contribution in [0.3, 0.4) is 0 Å². The van der Waals surface area contributed by atoms with Gasteiger partial charge in [-0.2, -0.15) is 0 Å². The number of amides is 1. The number of anilines is 2. The Morgan fingerprint density at radius 2 is 1.96 bits per heavy atom. The molecule has 0 radical (unpaired) electrons. The number of hydrogen-bond donors (Lipinski definition) is 1. The van der Waals surface area contributed by atoms with Crippen LogP contribution in [0.5, 0.6) is 0 Å². The lowest BCUT2D eigenvalue weighted by atomic mass is 10.1. The predicted molar refractivity (Wildman–Crippen MR) is 96.9 cm³/mol. The average Bonchev–Trinajstić information content (AvgIpc) is 3.35. The molecule has 0 aromatic carbocycles. The van der Waals surface area contributed by atoms with Gasteiger partial charge in [-0.3, -0.25) is 4.79 Å². The highest BCUT2D eigenvalue weighted by Crippen LogP contribution is 2.29. The summed E-state index contributed by atoms with van der Waals surface area (Å²) in [6.45, 7) is 4.33. The Hall–Kier alpha value is -2.45. The first kappa shape index (κ1) is 17.0. The van der Waals surface area contributed by atoms with Crippen molar-refractivity contribution in [3.8, 4) is 0 Å². The van der Waals surface area contributed by atoms with Gasteiger partial charge >= 0.3 is 0 Å². The van der Waals surface area contributed by atoms with E-state index in [1.54, 1.807) is 0 Å². The Bertz CT molecular complexity index is 787. The van der Waals surface area contributed by atoms with E-state index >= 15 is 0 Å². The summed E-state index contributed by atoms with van der Waals surface area (Å²) < 4.78 is 4.78. The highest BCUT2D eigenvalue weighted by atomic mass is 16.6. The third kappa shape index (κ3) is 3.30. The molecule has 1 saturated carbocycles. The standard InChI is InChI=1S/C17H25N7O2/c1-3-24-10-11(8-13(24)25)9-23(2)17-16(18-12-6-4-5-7-12)19-14-15(20-17)22-26-21-14/h11-12H,3-10H2,1-2H3,(H,18,19,21)/t11-/m1/s1. The fourth-order valence-electron chi connectivity index (χ4n) is 4.01. The van der Waals surface area contributed by atoms with Crippen molar-refractivity contribution in [2.45, 2.75) is 45.1 Å². The Morgan fingerprint density at radius 3 is 2.65 bits per heavy atom. The number of carbonyl (C=O) groups excluding carboxylic acids is 1. The van der Waals surface area contributed by atoms with E-state index in [0.717, 1.165) is 44.1 Å². The number of carbonyl (C=O) groups is 1. The molecule has 2 aliphatic rings. The van der Waals surface area contributed by atoms with Crippen molar-refractivity contribution in [3.05, 3.63) is 0 Å². The number of hydrogen-bond acceptors (Lipinski definition) is 8. The molecule has 1 N–H and O–H groups in total. The lowest BCUT2D eigenvalue weighted by molar-refractivity contribution is -0.127. The van der Waals surface area contributed by atoms with Gasteiger partial charge in [-0.15, -0.1) is 0 Å². The van der Waals surface area contributed by atoms with E-state index in [-0.39, 0.29) is 5.91 Å². The largest absolute Gasteiger partial charge is 0.364 e. The summed E-state index contributed by atoms with van der Waals surface area (Å²) in [5.41, 5.74) is 0.817. The monoisotopic (exact) mass is 359 g/mol. The molecule has 0 unspecified atom stereocenters. The van der Waals surface area contributed by atoms with Gasteiger partial charge in [0, 0.05) is 45.1 Å². The SMILES string of the molecule is CCN1C[C@@H](CN(C)c2nc3nonc3nc2NC2CCCC2)CC1=O. The first-order valence-corrected chi connectivity index (χ1v) is 9.39. The van der Waals surface area contributed by atoms with E-state index in [0.29, 0.717) is 29.7 Å².